The van der Waals surface area contributed by atoms with Crippen molar-refractivity contribution in [1.82, 2.24) is 19.4 Å². The second kappa shape index (κ2) is 7.65. The highest BCUT2D eigenvalue weighted by Gasteiger charge is 2.50. The first-order chi connectivity index (χ1) is 13.9. The van der Waals surface area contributed by atoms with Gasteiger partial charge in [-0.2, -0.15) is 4.31 Å². The van der Waals surface area contributed by atoms with E-state index in [-0.39, 0.29) is 37.4 Å². The van der Waals surface area contributed by atoms with Crippen LogP contribution in [0.1, 0.15) is 12.5 Å². The maximum absolute atomic E-state index is 12.9. The van der Waals surface area contributed by atoms with Crippen molar-refractivity contribution >= 4 is 33.6 Å². The van der Waals surface area contributed by atoms with E-state index in [4.69, 9.17) is 0 Å². The summed E-state index contributed by atoms with van der Waals surface area (Å²) in [6.07, 6.45) is 1.09. The van der Waals surface area contributed by atoms with Crippen LogP contribution in [0.15, 0.2) is 24.3 Å². The minimum atomic E-state index is -3.35. The summed E-state index contributed by atoms with van der Waals surface area (Å²) in [6, 6.07) is 4.59. The highest BCUT2D eigenvalue weighted by molar-refractivity contribution is 7.88. The lowest BCUT2D eigenvalue weighted by Crippen LogP contribution is -2.53. The SMILES string of the molecule is CC1(c2cccc([N+](=O)[O-])c2)NC(=O)N(CC(=O)N2CCN(S(C)(=O)=O)CC2)C1=O. The predicted molar refractivity (Wildman–Crippen MR) is 104 cm³/mol. The molecule has 0 aromatic heterocycles. The fourth-order valence-corrected chi connectivity index (χ4v) is 4.30. The molecule has 162 valence electrons. The van der Waals surface area contributed by atoms with Crippen LogP contribution >= 0.6 is 0 Å². The van der Waals surface area contributed by atoms with E-state index in [1.165, 1.54) is 40.4 Å². The topological polar surface area (TPSA) is 150 Å². The monoisotopic (exact) mass is 439 g/mol. The number of carbonyl (C=O) groups is 3. The number of amides is 4. The Hall–Kier alpha value is -3.06. The summed E-state index contributed by atoms with van der Waals surface area (Å²) in [5, 5.41) is 13.5. The van der Waals surface area contributed by atoms with E-state index >= 15 is 0 Å². The van der Waals surface area contributed by atoms with E-state index in [1.807, 2.05) is 0 Å². The van der Waals surface area contributed by atoms with Gasteiger partial charge in [-0.15, -0.1) is 0 Å². The van der Waals surface area contributed by atoms with Crippen molar-refractivity contribution < 1.29 is 27.7 Å². The Morgan fingerprint density at radius 2 is 1.87 bits per heavy atom. The lowest BCUT2D eigenvalue weighted by atomic mass is 9.91. The third kappa shape index (κ3) is 3.98. The Kier molecular flexibility index (Phi) is 5.52. The summed E-state index contributed by atoms with van der Waals surface area (Å²) in [4.78, 5) is 50.5. The van der Waals surface area contributed by atoms with Crippen molar-refractivity contribution in [3.63, 3.8) is 0 Å². The number of sulfonamides is 1. The zero-order valence-electron chi connectivity index (χ0n) is 16.4. The molecule has 1 aromatic carbocycles. The molecule has 3 rings (SSSR count). The van der Waals surface area contributed by atoms with Crippen LogP contribution in [0.4, 0.5) is 10.5 Å². The van der Waals surface area contributed by atoms with Crippen LogP contribution in [0.25, 0.3) is 0 Å². The number of piperazine rings is 1. The maximum atomic E-state index is 12.9. The molecule has 0 bridgehead atoms. The smallest absolute Gasteiger partial charge is 0.325 e. The van der Waals surface area contributed by atoms with Crippen LogP contribution in [-0.4, -0.2) is 84.3 Å². The third-order valence-corrected chi connectivity index (χ3v) is 6.57. The van der Waals surface area contributed by atoms with Gasteiger partial charge in [0, 0.05) is 38.3 Å². The number of nitrogens with zero attached hydrogens (tertiary/aromatic N) is 4. The van der Waals surface area contributed by atoms with Crippen molar-refractivity contribution in [3.05, 3.63) is 39.9 Å². The van der Waals surface area contributed by atoms with Crippen molar-refractivity contribution in [2.45, 2.75) is 12.5 Å². The van der Waals surface area contributed by atoms with Gasteiger partial charge in [0.25, 0.3) is 11.6 Å². The second-order valence-electron chi connectivity index (χ2n) is 7.30. The molecule has 12 nitrogen and oxygen atoms in total. The van der Waals surface area contributed by atoms with Crippen molar-refractivity contribution in [3.8, 4) is 0 Å². The average Bonchev–Trinajstić information content (AvgIpc) is 2.91. The summed E-state index contributed by atoms with van der Waals surface area (Å²) >= 11 is 0. The number of carbonyl (C=O) groups excluding carboxylic acids is 3. The van der Waals surface area contributed by atoms with E-state index in [9.17, 15) is 32.9 Å². The van der Waals surface area contributed by atoms with E-state index < -0.39 is 44.9 Å². The summed E-state index contributed by atoms with van der Waals surface area (Å²) in [5.74, 6) is -1.19. The van der Waals surface area contributed by atoms with Crippen molar-refractivity contribution in [2.24, 2.45) is 0 Å². The Morgan fingerprint density at radius 1 is 1.23 bits per heavy atom. The lowest BCUT2D eigenvalue weighted by molar-refractivity contribution is -0.385. The summed E-state index contributed by atoms with van der Waals surface area (Å²) in [5.41, 5.74) is -1.54. The number of nitro benzene ring substituents is 1. The molecule has 4 amide bonds. The molecule has 2 saturated heterocycles. The van der Waals surface area contributed by atoms with Gasteiger partial charge in [-0.3, -0.25) is 24.6 Å². The lowest BCUT2D eigenvalue weighted by Gasteiger charge is -2.33. The van der Waals surface area contributed by atoms with Gasteiger partial charge in [0.1, 0.15) is 12.1 Å². The van der Waals surface area contributed by atoms with Gasteiger partial charge >= 0.3 is 6.03 Å². The number of hydrogen-bond donors (Lipinski definition) is 1. The molecule has 0 spiro atoms. The minimum Gasteiger partial charge on any atom is -0.338 e. The van der Waals surface area contributed by atoms with E-state index in [1.54, 1.807) is 0 Å². The second-order valence-corrected chi connectivity index (χ2v) is 9.28. The molecular formula is C17H21N5O7S. The molecule has 2 heterocycles. The van der Waals surface area contributed by atoms with E-state index in [0.717, 1.165) is 11.2 Å². The number of benzene rings is 1. The summed E-state index contributed by atoms with van der Waals surface area (Å²) in [7, 11) is -3.35. The number of imide groups is 1. The van der Waals surface area contributed by atoms with Gasteiger partial charge in [-0.1, -0.05) is 12.1 Å². The van der Waals surface area contributed by atoms with Crippen LogP contribution in [0.2, 0.25) is 0 Å². The normalized spacial score (nSPS) is 22.9. The average molecular weight is 439 g/mol. The first-order valence-corrected chi connectivity index (χ1v) is 10.9. The van der Waals surface area contributed by atoms with E-state index in [2.05, 4.69) is 5.32 Å². The van der Waals surface area contributed by atoms with Gasteiger partial charge in [-0.25, -0.2) is 13.2 Å². The Labute approximate surface area is 172 Å². The molecule has 0 aliphatic carbocycles. The number of urea groups is 1. The molecule has 1 aromatic rings. The number of nitro groups is 1. The first-order valence-electron chi connectivity index (χ1n) is 9.05. The number of hydrogen-bond acceptors (Lipinski definition) is 7. The number of rotatable bonds is 5. The van der Waals surface area contributed by atoms with Crippen LogP contribution < -0.4 is 5.32 Å². The molecule has 0 radical (unpaired) electrons. The van der Waals surface area contributed by atoms with Crippen molar-refractivity contribution in [2.75, 3.05) is 39.0 Å². The fourth-order valence-electron chi connectivity index (χ4n) is 3.47. The maximum Gasteiger partial charge on any atom is 0.325 e. The molecule has 2 aliphatic rings. The first kappa shape index (κ1) is 21.6. The van der Waals surface area contributed by atoms with Crippen LogP contribution in [0.3, 0.4) is 0 Å². The third-order valence-electron chi connectivity index (χ3n) is 5.26. The zero-order chi connectivity index (χ0) is 22.3. The molecule has 2 fully saturated rings. The fraction of sp³-hybridized carbons (Fsp3) is 0.471. The van der Waals surface area contributed by atoms with Crippen molar-refractivity contribution in [1.29, 1.82) is 0 Å². The van der Waals surface area contributed by atoms with Gasteiger partial charge < -0.3 is 10.2 Å². The standard InChI is InChI=1S/C17H21N5O7S/c1-17(12-4-3-5-13(10-12)22(26)27)15(24)21(16(25)18-17)11-14(23)19-6-8-20(9-7-19)30(2,28)29/h3-5,10H,6-9,11H2,1-2H3,(H,18,25). The molecule has 1 unspecified atom stereocenters. The summed E-state index contributed by atoms with van der Waals surface area (Å²) in [6.45, 7) is 1.48. The van der Waals surface area contributed by atoms with Gasteiger partial charge in [0.05, 0.1) is 11.2 Å². The highest BCUT2D eigenvalue weighted by atomic mass is 32.2. The predicted octanol–water partition coefficient (Wildman–Crippen LogP) is -0.534. The van der Waals surface area contributed by atoms with Gasteiger partial charge in [-0.05, 0) is 12.5 Å². The summed E-state index contributed by atoms with van der Waals surface area (Å²) < 4.78 is 24.4. The molecule has 2 aliphatic heterocycles. The Morgan fingerprint density at radius 3 is 2.43 bits per heavy atom. The molecular weight excluding hydrogens is 418 g/mol. The highest BCUT2D eigenvalue weighted by Crippen LogP contribution is 2.30. The zero-order valence-corrected chi connectivity index (χ0v) is 17.2. The number of nitrogens with one attached hydrogen (secondary N) is 1. The van der Waals surface area contributed by atoms with E-state index in [0.29, 0.717) is 0 Å². The van der Waals surface area contributed by atoms with Crippen LogP contribution in [-0.2, 0) is 25.2 Å². The quantitative estimate of drug-likeness (QED) is 0.368. The largest absolute Gasteiger partial charge is 0.338 e. The van der Waals surface area contributed by atoms with Crippen LogP contribution in [0.5, 0.6) is 0 Å². The minimum absolute atomic E-state index is 0.135. The molecule has 1 atom stereocenters. The Balaban J connectivity index is 1.72. The molecule has 1 N–H and O–H groups in total. The van der Waals surface area contributed by atoms with Crippen LogP contribution in [0, 0.1) is 10.1 Å². The van der Waals surface area contributed by atoms with Gasteiger partial charge in [0.15, 0.2) is 0 Å². The molecule has 30 heavy (non-hydrogen) atoms. The van der Waals surface area contributed by atoms with Gasteiger partial charge in [0.2, 0.25) is 15.9 Å². The Bertz CT molecular complexity index is 1020. The molecule has 0 saturated carbocycles. The number of non-ortho nitro benzene ring substituents is 1. The molecule has 13 heteroatoms.